The molecule has 2 nitrogen and oxygen atoms in total. The van der Waals surface area contributed by atoms with E-state index in [0.717, 1.165) is 35.1 Å². The predicted molar refractivity (Wildman–Crippen MR) is 84.3 cm³/mol. The molecule has 0 aliphatic carbocycles. The molecule has 0 aromatic heterocycles. The van der Waals surface area contributed by atoms with E-state index < -0.39 is 0 Å². The number of ether oxygens (including phenoxy) is 1. The molecule has 106 valence electrons. The first-order valence-electron chi connectivity index (χ1n) is 6.98. The van der Waals surface area contributed by atoms with Gasteiger partial charge in [-0.1, -0.05) is 29.8 Å². The van der Waals surface area contributed by atoms with Crippen LogP contribution in [0.5, 0.6) is 5.75 Å². The molecule has 1 unspecified atom stereocenters. The Bertz CT molecular complexity index is 601. The van der Waals surface area contributed by atoms with Crippen molar-refractivity contribution in [3.63, 3.8) is 0 Å². The van der Waals surface area contributed by atoms with E-state index in [9.17, 15) is 5.11 Å². The van der Waals surface area contributed by atoms with Crippen LogP contribution in [0.25, 0.3) is 10.8 Å². The first kappa shape index (κ1) is 14.6. The topological polar surface area (TPSA) is 29.5 Å². The van der Waals surface area contributed by atoms with Crippen molar-refractivity contribution < 1.29 is 9.84 Å². The van der Waals surface area contributed by atoms with E-state index in [-0.39, 0.29) is 6.10 Å². The molecule has 2 rings (SSSR count). The van der Waals surface area contributed by atoms with Crippen molar-refractivity contribution in [1.82, 2.24) is 0 Å². The summed E-state index contributed by atoms with van der Waals surface area (Å²) < 4.78 is 5.29. The van der Waals surface area contributed by atoms with Gasteiger partial charge in [-0.2, -0.15) is 0 Å². The summed E-state index contributed by atoms with van der Waals surface area (Å²) >= 11 is 0. The van der Waals surface area contributed by atoms with Crippen LogP contribution in [0.15, 0.2) is 48.6 Å². The van der Waals surface area contributed by atoms with Crippen LogP contribution in [-0.2, 0) is 6.42 Å². The van der Waals surface area contributed by atoms with Gasteiger partial charge in [-0.25, -0.2) is 0 Å². The van der Waals surface area contributed by atoms with Crippen molar-refractivity contribution in [2.24, 2.45) is 0 Å². The quantitative estimate of drug-likeness (QED) is 0.800. The Morgan fingerprint density at radius 2 is 2.10 bits per heavy atom. The highest BCUT2D eigenvalue weighted by atomic mass is 16.5. The van der Waals surface area contributed by atoms with Crippen LogP contribution in [0.2, 0.25) is 0 Å². The molecule has 0 radical (unpaired) electrons. The monoisotopic (exact) mass is 270 g/mol. The standard InChI is InChI=1S/C18H22O2/c1-13(2)7-9-16(19)11-15-6-4-5-14-8-10-17(20-3)12-18(14)15/h4-6,8,10,12,16,19H,1,7,9,11H2,2-3H3. The van der Waals surface area contributed by atoms with Crippen LogP contribution in [0, 0.1) is 0 Å². The highest BCUT2D eigenvalue weighted by Gasteiger charge is 2.09. The third-order valence-corrected chi connectivity index (χ3v) is 3.54. The number of hydrogen-bond acceptors (Lipinski definition) is 2. The third-order valence-electron chi connectivity index (χ3n) is 3.54. The second-order valence-corrected chi connectivity index (χ2v) is 5.36. The van der Waals surface area contributed by atoms with Crippen LogP contribution in [-0.4, -0.2) is 18.3 Å². The number of aliphatic hydroxyl groups is 1. The normalized spacial score (nSPS) is 12.3. The van der Waals surface area contributed by atoms with E-state index in [0.29, 0.717) is 6.42 Å². The van der Waals surface area contributed by atoms with Crippen molar-refractivity contribution >= 4 is 10.8 Å². The maximum absolute atomic E-state index is 10.2. The zero-order valence-electron chi connectivity index (χ0n) is 12.2. The Morgan fingerprint density at radius 3 is 2.80 bits per heavy atom. The van der Waals surface area contributed by atoms with Crippen LogP contribution in [0.4, 0.5) is 0 Å². The van der Waals surface area contributed by atoms with Crippen molar-refractivity contribution in [1.29, 1.82) is 0 Å². The third kappa shape index (κ3) is 3.61. The molecule has 0 bridgehead atoms. The van der Waals surface area contributed by atoms with Gasteiger partial charge in [-0.15, -0.1) is 6.58 Å². The van der Waals surface area contributed by atoms with Gasteiger partial charge in [0.2, 0.25) is 0 Å². The van der Waals surface area contributed by atoms with Gasteiger partial charge in [-0.05, 0) is 54.7 Å². The molecule has 2 aromatic carbocycles. The number of methoxy groups -OCH3 is 1. The van der Waals surface area contributed by atoms with Crippen molar-refractivity contribution in [3.05, 3.63) is 54.1 Å². The van der Waals surface area contributed by atoms with Gasteiger partial charge in [0.1, 0.15) is 5.75 Å². The highest BCUT2D eigenvalue weighted by Crippen LogP contribution is 2.25. The van der Waals surface area contributed by atoms with E-state index in [1.165, 1.54) is 5.39 Å². The van der Waals surface area contributed by atoms with Gasteiger partial charge >= 0.3 is 0 Å². The fraction of sp³-hybridized carbons (Fsp3) is 0.333. The highest BCUT2D eigenvalue weighted by molar-refractivity contribution is 5.87. The second-order valence-electron chi connectivity index (χ2n) is 5.36. The van der Waals surface area contributed by atoms with Crippen LogP contribution >= 0.6 is 0 Å². The molecule has 0 amide bonds. The summed E-state index contributed by atoms with van der Waals surface area (Å²) in [7, 11) is 1.67. The first-order chi connectivity index (χ1) is 9.60. The molecule has 1 atom stereocenters. The van der Waals surface area contributed by atoms with Crippen molar-refractivity contribution in [2.45, 2.75) is 32.3 Å². The summed E-state index contributed by atoms with van der Waals surface area (Å²) in [6, 6.07) is 12.2. The molecule has 20 heavy (non-hydrogen) atoms. The predicted octanol–water partition coefficient (Wildman–Crippen LogP) is 4.11. The fourth-order valence-electron chi connectivity index (χ4n) is 2.39. The van der Waals surface area contributed by atoms with Gasteiger partial charge in [0.25, 0.3) is 0 Å². The van der Waals surface area contributed by atoms with Gasteiger partial charge in [-0.3, -0.25) is 0 Å². The molecule has 0 fully saturated rings. The molecular weight excluding hydrogens is 248 g/mol. The molecule has 1 N–H and O–H groups in total. The number of aliphatic hydroxyl groups excluding tert-OH is 1. The number of rotatable bonds is 6. The molecule has 2 aromatic rings. The Hall–Kier alpha value is -1.80. The minimum atomic E-state index is -0.330. The molecular formula is C18H22O2. The summed E-state index contributed by atoms with van der Waals surface area (Å²) in [6.45, 7) is 5.87. The van der Waals surface area contributed by atoms with Gasteiger partial charge in [0.15, 0.2) is 0 Å². The molecule has 0 aliphatic rings. The molecule has 0 spiro atoms. The van der Waals surface area contributed by atoms with Crippen LogP contribution < -0.4 is 4.74 Å². The average Bonchev–Trinajstić information content (AvgIpc) is 2.45. The van der Waals surface area contributed by atoms with Gasteiger partial charge in [0, 0.05) is 0 Å². The maximum Gasteiger partial charge on any atom is 0.119 e. The maximum atomic E-state index is 10.2. The Labute approximate surface area is 120 Å². The molecule has 0 saturated heterocycles. The Morgan fingerprint density at radius 1 is 1.30 bits per heavy atom. The number of benzene rings is 2. The minimum Gasteiger partial charge on any atom is -0.497 e. The van der Waals surface area contributed by atoms with Crippen LogP contribution in [0.1, 0.15) is 25.3 Å². The first-order valence-corrected chi connectivity index (χ1v) is 6.98. The van der Waals surface area contributed by atoms with E-state index in [4.69, 9.17) is 4.74 Å². The lowest BCUT2D eigenvalue weighted by Crippen LogP contribution is -2.10. The van der Waals surface area contributed by atoms with Crippen molar-refractivity contribution in [2.75, 3.05) is 7.11 Å². The minimum absolute atomic E-state index is 0.330. The summed E-state index contributed by atoms with van der Waals surface area (Å²) in [5.74, 6) is 0.848. The lowest BCUT2D eigenvalue weighted by Gasteiger charge is -2.13. The zero-order valence-corrected chi connectivity index (χ0v) is 12.2. The van der Waals surface area contributed by atoms with Crippen molar-refractivity contribution in [3.8, 4) is 5.75 Å². The summed E-state index contributed by atoms with van der Waals surface area (Å²) in [5.41, 5.74) is 2.28. The number of hydrogen-bond donors (Lipinski definition) is 1. The zero-order chi connectivity index (χ0) is 14.5. The second kappa shape index (κ2) is 6.58. The van der Waals surface area contributed by atoms with Crippen LogP contribution in [0.3, 0.4) is 0 Å². The largest absolute Gasteiger partial charge is 0.497 e. The summed E-state index contributed by atoms with van der Waals surface area (Å²) in [5, 5.41) is 12.5. The van der Waals surface area contributed by atoms with E-state index >= 15 is 0 Å². The van der Waals surface area contributed by atoms with E-state index in [1.54, 1.807) is 7.11 Å². The number of fused-ring (bicyclic) bond motifs is 1. The lowest BCUT2D eigenvalue weighted by atomic mass is 9.97. The summed E-state index contributed by atoms with van der Waals surface area (Å²) in [4.78, 5) is 0. The smallest absolute Gasteiger partial charge is 0.119 e. The average molecular weight is 270 g/mol. The Kier molecular flexibility index (Phi) is 4.80. The number of allylic oxidation sites excluding steroid dienone is 1. The van der Waals surface area contributed by atoms with Gasteiger partial charge < -0.3 is 9.84 Å². The fourth-order valence-corrected chi connectivity index (χ4v) is 2.39. The van der Waals surface area contributed by atoms with E-state index in [2.05, 4.69) is 24.8 Å². The SMILES string of the molecule is C=C(C)CCC(O)Cc1cccc2ccc(OC)cc12. The summed E-state index contributed by atoms with van der Waals surface area (Å²) in [6.07, 6.45) is 1.96. The molecule has 0 heterocycles. The Balaban J connectivity index is 2.22. The molecule has 0 aliphatic heterocycles. The molecule has 0 saturated carbocycles. The lowest BCUT2D eigenvalue weighted by molar-refractivity contribution is 0.165. The molecule has 2 heteroatoms. The van der Waals surface area contributed by atoms with Gasteiger partial charge in [0.05, 0.1) is 13.2 Å². The van der Waals surface area contributed by atoms with E-state index in [1.807, 2.05) is 25.1 Å².